The van der Waals surface area contributed by atoms with E-state index in [0.29, 0.717) is 34.4 Å². The number of nitrogens with one attached hydrogen (secondary N) is 2. The molecular formula is C23H27ClN4O3. The van der Waals surface area contributed by atoms with Gasteiger partial charge >= 0.3 is 6.03 Å². The van der Waals surface area contributed by atoms with Crippen LogP contribution in [0.2, 0.25) is 5.02 Å². The van der Waals surface area contributed by atoms with Crippen LogP contribution in [0.15, 0.2) is 42.5 Å². The number of ether oxygens (including phenoxy) is 1. The first kappa shape index (κ1) is 21.5. The minimum atomic E-state index is -0.527. The number of nitrogens with zero attached hydrogens (tertiary/aromatic N) is 2. The fourth-order valence-corrected chi connectivity index (χ4v) is 4.09. The number of anilines is 3. The maximum atomic E-state index is 12.8. The normalized spacial score (nSPS) is 18.8. The van der Waals surface area contributed by atoms with Crippen LogP contribution in [-0.4, -0.2) is 49.1 Å². The predicted molar refractivity (Wildman–Crippen MR) is 123 cm³/mol. The van der Waals surface area contributed by atoms with Crippen LogP contribution in [0.4, 0.5) is 21.9 Å². The number of carbonyl (C=O) groups excluding carboxylic acids is 2. The molecule has 0 aromatic heterocycles. The molecule has 1 saturated heterocycles. The Morgan fingerprint density at radius 2 is 1.71 bits per heavy atom. The van der Waals surface area contributed by atoms with E-state index in [1.165, 1.54) is 19.3 Å². The Morgan fingerprint density at radius 1 is 1.03 bits per heavy atom. The summed E-state index contributed by atoms with van der Waals surface area (Å²) in [5, 5.41) is 6.19. The van der Waals surface area contributed by atoms with E-state index in [0.717, 1.165) is 19.6 Å². The number of hydrogen-bond donors (Lipinski definition) is 2. The number of benzene rings is 2. The van der Waals surface area contributed by atoms with Crippen LogP contribution < -0.4 is 20.3 Å². The van der Waals surface area contributed by atoms with E-state index in [1.807, 2.05) is 0 Å². The van der Waals surface area contributed by atoms with Crippen molar-refractivity contribution in [3.63, 3.8) is 0 Å². The van der Waals surface area contributed by atoms with Crippen LogP contribution >= 0.6 is 11.6 Å². The number of halogens is 1. The number of fused-ring (bicyclic) bond motifs is 1. The fraction of sp³-hybridized carbons (Fsp3) is 0.391. The predicted octanol–water partition coefficient (Wildman–Crippen LogP) is 4.58. The highest BCUT2D eigenvalue weighted by atomic mass is 35.5. The number of rotatable bonds is 5. The van der Waals surface area contributed by atoms with E-state index in [9.17, 15) is 9.59 Å². The lowest BCUT2D eigenvalue weighted by Gasteiger charge is -2.35. The van der Waals surface area contributed by atoms with Crippen LogP contribution in [0.1, 0.15) is 26.2 Å². The van der Waals surface area contributed by atoms with Crippen LogP contribution in [-0.2, 0) is 4.79 Å². The Bertz CT molecular complexity index is 944. The van der Waals surface area contributed by atoms with Crippen molar-refractivity contribution in [1.82, 2.24) is 4.90 Å². The van der Waals surface area contributed by atoms with Gasteiger partial charge in [0.15, 0.2) is 6.10 Å². The molecule has 0 bridgehead atoms. The number of hydrogen-bond acceptors (Lipinski definition) is 4. The summed E-state index contributed by atoms with van der Waals surface area (Å²) in [6.07, 6.45) is 3.17. The molecule has 1 unspecified atom stereocenters. The van der Waals surface area contributed by atoms with Crippen molar-refractivity contribution in [2.75, 3.05) is 41.7 Å². The highest BCUT2D eigenvalue weighted by molar-refractivity contribution is 6.30. The number of piperidine rings is 1. The summed E-state index contributed by atoms with van der Waals surface area (Å²) in [5.41, 5.74) is 1.90. The number of urea groups is 1. The van der Waals surface area contributed by atoms with Crippen LogP contribution in [0, 0.1) is 0 Å². The highest BCUT2D eigenvalue weighted by Gasteiger charge is 2.32. The zero-order valence-electron chi connectivity index (χ0n) is 17.6. The summed E-state index contributed by atoms with van der Waals surface area (Å²) in [7, 11) is 0. The average molecular weight is 443 g/mol. The molecule has 2 heterocycles. The van der Waals surface area contributed by atoms with Crippen LogP contribution in [0.5, 0.6) is 5.75 Å². The molecular weight excluding hydrogens is 416 g/mol. The van der Waals surface area contributed by atoms with Gasteiger partial charge in [-0.05, 0) is 75.3 Å². The first-order valence-corrected chi connectivity index (χ1v) is 11.1. The second-order valence-electron chi connectivity index (χ2n) is 7.92. The minimum Gasteiger partial charge on any atom is -0.479 e. The molecule has 1 atom stereocenters. The molecule has 164 valence electrons. The molecule has 4 rings (SSSR count). The van der Waals surface area contributed by atoms with Crippen molar-refractivity contribution in [3.05, 3.63) is 47.5 Å². The van der Waals surface area contributed by atoms with Crippen molar-refractivity contribution in [3.8, 4) is 5.75 Å². The van der Waals surface area contributed by atoms with Crippen molar-refractivity contribution in [2.24, 2.45) is 0 Å². The van der Waals surface area contributed by atoms with E-state index >= 15 is 0 Å². The van der Waals surface area contributed by atoms with E-state index in [-0.39, 0.29) is 11.9 Å². The molecule has 2 N–H and O–H groups in total. The summed E-state index contributed by atoms with van der Waals surface area (Å²) in [5.74, 6) is 0.585. The van der Waals surface area contributed by atoms with Crippen molar-refractivity contribution in [1.29, 1.82) is 0 Å². The quantitative estimate of drug-likeness (QED) is 0.710. The van der Waals surface area contributed by atoms with Gasteiger partial charge in [0.2, 0.25) is 0 Å². The molecule has 2 aliphatic heterocycles. The van der Waals surface area contributed by atoms with Crippen molar-refractivity contribution < 1.29 is 14.3 Å². The molecule has 0 spiro atoms. The highest BCUT2D eigenvalue weighted by Crippen LogP contribution is 2.36. The van der Waals surface area contributed by atoms with Crippen LogP contribution in [0.25, 0.3) is 0 Å². The molecule has 8 heteroatoms. The van der Waals surface area contributed by atoms with Gasteiger partial charge in [0.05, 0.1) is 5.69 Å². The van der Waals surface area contributed by atoms with Gasteiger partial charge in [-0.15, -0.1) is 0 Å². The smallest absolute Gasteiger partial charge is 0.323 e. The first-order valence-electron chi connectivity index (χ1n) is 10.7. The lowest BCUT2D eigenvalue weighted by Crippen LogP contribution is -2.48. The Morgan fingerprint density at radius 3 is 2.45 bits per heavy atom. The number of likely N-dealkylation sites (tertiary alicyclic amines) is 1. The Kier molecular flexibility index (Phi) is 6.63. The molecule has 2 aromatic carbocycles. The summed E-state index contributed by atoms with van der Waals surface area (Å²) in [6.45, 7) is 5.35. The maximum absolute atomic E-state index is 12.8. The summed E-state index contributed by atoms with van der Waals surface area (Å²) < 4.78 is 5.79. The number of amides is 3. The molecule has 2 aromatic rings. The number of carbonyl (C=O) groups is 2. The zero-order chi connectivity index (χ0) is 21.8. The Labute approximate surface area is 187 Å². The lowest BCUT2D eigenvalue weighted by molar-refractivity contribution is -0.125. The van der Waals surface area contributed by atoms with Gasteiger partial charge in [-0.1, -0.05) is 18.0 Å². The van der Waals surface area contributed by atoms with Gasteiger partial charge in [-0.2, -0.15) is 0 Å². The molecule has 0 aliphatic carbocycles. The molecule has 1 fully saturated rings. The van der Waals surface area contributed by atoms with E-state index < -0.39 is 6.10 Å². The maximum Gasteiger partial charge on any atom is 0.323 e. The topological polar surface area (TPSA) is 73.9 Å². The van der Waals surface area contributed by atoms with E-state index in [1.54, 1.807) is 54.3 Å². The Hall–Kier alpha value is -2.77. The van der Waals surface area contributed by atoms with Crippen molar-refractivity contribution in [2.45, 2.75) is 32.3 Å². The van der Waals surface area contributed by atoms with Gasteiger partial charge in [0.25, 0.3) is 5.91 Å². The summed E-state index contributed by atoms with van der Waals surface area (Å²) in [4.78, 5) is 29.4. The molecule has 31 heavy (non-hydrogen) atoms. The molecule has 0 radical (unpaired) electrons. The van der Waals surface area contributed by atoms with Gasteiger partial charge in [0, 0.05) is 29.5 Å². The largest absolute Gasteiger partial charge is 0.479 e. The van der Waals surface area contributed by atoms with E-state index in [2.05, 4.69) is 15.5 Å². The summed E-state index contributed by atoms with van der Waals surface area (Å²) >= 11 is 5.88. The second-order valence-corrected chi connectivity index (χ2v) is 8.36. The van der Waals surface area contributed by atoms with Gasteiger partial charge in [0.1, 0.15) is 5.75 Å². The third kappa shape index (κ3) is 5.29. The molecule has 0 saturated carbocycles. The Balaban J connectivity index is 1.46. The van der Waals surface area contributed by atoms with Gasteiger partial charge < -0.3 is 25.2 Å². The van der Waals surface area contributed by atoms with Crippen molar-refractivity contribution >= 4 is 40.6 Å². The summed E-state index contributed by atoms with van der Waals surface area (Å²) in [6, 6.07) is 11.8. The third-order valence-corrected chi connectivity index (χ3v) is 5.87. The average Bonchev–Trinajstić information content (AvgIpc) is 2.77. The van der Waals surface area contributed by atoms with Gasteiger partial charge in [-0.25, -0.2) is 4.79 Å². The van der Waals surface area contributed by atoms with Crippen LogP contribution in [0.3, 0.4) is 0 Å². The molecule has 3 amide bonds. The van der Waals surface area contributed by atoms with E-state index in [4.69, 9.17) is 16.3 Å². The third-order valence-electron chi connectivity index (χ3n) is 5.62. The SMILES string of the molecule is CC1Oc2ccc(NC(=O)Nc3ccc(Cl)cc3)cc2N(CCN2CCCCC2)C1=O. The second kappa shape index (κ2) is 9.58. The first-order chi connectivity index (χ1) is 15.0. The zero-order valence-corrected chi connectivity index (χ0v) is 18.3. The fourth-order valence-electron chi connectivity index (χ4n) is 3.97. The van der Waals surface area contributed by atoms with Gasteiger partial charge in [-0.3, -0.25) is 4.79 Å². The minimum absolute atomic E-state index is 0.0627. The molecule has 2 aliphatic rings. The molecule has 7 nitrogen and oxygen atoms in total. The lowest BCUT2D eigenvalue weighted by atomic mass is 10.1. The standard InChI is InChI=1S/C23H27ClN4O3/c1-16-22(29)28(14-13-27-11-3-2-4-12-27)20-15-19(9-10-21(20)31-16)26-23(30)25-18-7-5-17(24)6-8-18/h5-10,15-16H,2-4,11-14H2,1H3,(H2,25,26,30). The monoisotopic (exact) mass is 442 g/mol.